The zero-order valence-electron chi connectivity index (χ0n) is 16.8. The van der Waals surface area contributed by atoms with E-state index in [0.717, 1.165) is 28.2 Å². The van der Waals surface area contributed by atoms with Crippen molar-refractivity contribution in [2.24, 2.45) is 0 Å². The molecule has 0 aliphatic carbocycles. The van der Waals surface area contributed by atoms with Gasteiger partial charge in [0, 0.05) is 22.8 Å². The predicted octanol–water partition coefficient (Wildman–Crippen LogP) is 3.91. The molecule has 8 nitrogen and oxygen atoms in total. The number of carbonyl (C=O) groups is 2. The van der Waals surface area contributed by atoms with E-state index < -0.39 is 5.97 Å². The molecule has 0 aliphatic heterocycles. The number of benzene rings is 2. The van der Waals surface area contributed by atoms with Gasteiger partial charge in [-0.25, -0.2) is 0 Å². The van der Waals surface area contributed by atoms with Crippen molar-refractivity contribution in [1.82, 2.24) is 15.2 Å². The van der Waals surface area contributed by atoms with Gasteiger partial charge in [-0.1, -0.05) is 48.2 Å². The topological polar surface area (TPSA) is 101 Å². The van der Waals surface area contributed by atoms with Gasteiger partial charge in [0.05, 0.1) is 17.9 Å². The number of para-hydroxylation sites is 2. The first-order valence-electron chi connectivity index (χ1n) is 9.69. The lowest BCUT2D eigenvalue weighted by Crippen LogP contribution is -2.37. The molecule has 0 aliphatic rings. The molecular weight excluding hydrogens is 416 g/mol. The maximum absolute atomic E-state index is 12.9. The van der Waals surface area contributed by atoms with Crippen LogP contribution in [-0.4, -0.2) is 46.0 Å². The lowest BCUT2D eigenvalue weighted by atomic mass is 10.2. The monoisotopic (exact) mass is 436 g/mol. The van der Waals surface area contributed by atoms with Gasteiger partial charge in [0.2, 0.25) is 5.91 Å². The second-order valence-electron chi connectivity index (χ2n) is 6.53. The number of nitrogens with zero attached hydrogens (tertiary/aromatic N) is 3. The molecule has 0 bridgehead atoms. The van der Waals surface area contributed by atoms with Gasteiger partial charge in [-0.2, -0.15) is 0 Å². The summed E-state index contributed by atoms with van der Waals surface area (Å²) >= 11 is 1.12. The highest BCUT2D eigenvalue weighted by Gasteiger charge is 2.21. The van der Waals surface area contributed by atoms with E-state index in [0.29, 0.717) is 11.6 Å². The van der Waals surface area contributed by atoms with Crippen LogP contribution in [0.1, 0.15) is 6.92 Å². The second-order valence-corrected chi connectivity index (χ2v) is 7.46. The number of fused-ring (bicyclic) bond motifs is 1. The fraction of sp³-hybridized carbons (Fsp3) is 0.182. The van der Waals surface area contributed by atoms with Crippen LogP contribution in [-0.2, 0) is 14.3 Å². The summed E-state index contributed by atoms with van der Waals surface area (Å²) < 4.78 is 10.8. The average molecular weight is 436 g/mol. The maximum atomic E-state index is 12.9. The summed E-state index contributed by atoms with van der Waals surface area (Å²) in [4.78, 5) is 29.4. The summed E-state index contributed by atoms with van der Waals surface area (Å²) in [5, 5.41) is 9.40. The average Bonchev–Trinajstić information content (AvgIpc) is 3.43. The van der Waals surface area contributed by atoms with Gasteiger partial charge in [0.25, 0.3) is 11.1 Å². The molecule has 0 atom stereocenters. The fourth-order valence-electron chi connectivity index (χ4n) is 3.09. The number of thioether (sulfide) groups is 1. The summed E-state index contributed by atoms with van der Waals surface area (Å²) in [5.41, 5.74) is 2.39. The van der Waals surface area contributed by atoms with Gasteiger partial charge < -0.3 is 19.0 Å². The first kappa shape index (κ1) is 20.7. The molecule has 0 unspecified atom stereocenters. The molecule has 9 heteroatoms. The van der Waals surface area contributed by atoms with Crippen LogP contribution < -0.4 is 4.90 Å². The summed E-state index contributed by atoms with van der Waals surface area (Å²) in [6, 6.07) is 16.8. The Kier molecular flexibility index (Phi) is 6.32. The highest BCUT2D eigenvalue weighted by Crippen LogP contribution is 2.29. The number of rotatable bonds is 8. The highest BCUT2D eigenvalue weighted by molar-refractivity contribution is 7.99. The van der Waals surface area contributed by atoms with Crippen LogP contribution in [0.15, 0.2) is 70.4 Å². The molecule has 0 saturated heterocycles. The van der Waals surface area contributed by atoms with E-state index in [4.69, 9.17) is 9.15 Å². The van der Waals surface area contributed by atoms with Crippen LogP contribution in [0.2, 0.25) is 0 Å². The summed E-state index contributed by atoms with van der Waals surface area (Å²) in [5.74, 6) is -0.330. The molecule has 0 spiro atoms. The number of aromatic nitrogens is 3. The molecule has 0 fully saturated rings. The van der Waals surface area contributed by atoms with E-state index >= 15 is 0 Å². The van der Waals surface area contributed by atoms with Crippen LogP contribution in [0.4, 0.5) is 5.69 Å². The number of hydrogen-bond donors (Lipinski definition) is 1. The Labute approximate surface area is 182 Å². The third-order valence-corrected chi connectivity index (χ3v) is 5.31. The van der Waals surface area contributed by atoms with Crippen LogP contribution in [0, 0.1) is 0 Å². The predicted molar refractivity (Wildman–Crippen MR) is 118 cm³/mol. The minimum Gasteiger partial charge on any atom is -0.465 e. The first-order valence-corrected chi connectivity index (χ1v) is 10.7. The van der Waals surface area contributed by atoms with Crippen LogP contribution in [0.5, 0.6) is 0 Å². The molecule has 2 aromatic heterocycles. The second kappa shape index (κ2) is 9.48. The van der Waals surface area contributed by atoms with E-state index in [1.165, 1.54) is 4.90 Å². The number of nitrogens with one attached hydrogen (secondary N) is 1. The minimum absolute atomic E-state index is 0.0316. The lowest BCUT2D eigenvalue weighted by Gasteiger charge is -2.21. The standard InChI is InChI=1S/C22H20N4O4S/c1-2-29-20(28)13-26(15-8-4-3-5-9-15)19(27)14-31-22-25-24-21(30-22)17-12-23-18-11-7-6-10-16(17)18/h3-12,23H,2,13-14H2,1H3. The number of carbonyl (C=O) groups excluding carboxylic acids is 2. The third-order valence-electron chi connectivity index (χ3n) is 4.51. The molecule has 1 amide bonds. The zero-order chi connectivity index (χ0) is 21.6. The number of esters is 1. The number of aromatic amines is 1. The van der Waals surface area contributed by atoms with Gasteiger partial charge in [-0.3, -0.25) is 9.59 Å². The normalized spacial score (nSPS) is 10.9. The summed E-state index contributed by atoms with van der Waals surface area (Å²) in [7, 11) is 0. The van der Waals surface area contributed by atoms with E-state index in [1.807, 2.05) is 36.5 Å². The lowest BCUT2D eigenvalue weighted by molar-refractivity contribution is -0.142. The molecule has 0 radical (unpaired) electrons. The van der Waals surface area contributed by atoms with Crippen LogP contribution in [0.3, 0.4) is 0 Å². The fourth-order valence-corrected chi connectivity index (χ4v) is 3.73. The Morgan fingerprint density at radius 2 is 1.87 bits per heavy atom. The first-order chi connectivity index (χ1) is 15.2. The molecule has 2 aromatic carbocycles. The van der Waals surface area contributed by atoms with Crippen molar-refractivity contribution in [3.63, 3.8) is 0 Å². The Balaban J connectivity index is 1.46. The minimum atomic E-state index is -0.468. The van der Waals surface area contributed by atoms with Gasteiger partial charge >= 0.3 is 5.97 Å². The molecule has 4 aromatic rings. The van der Waals surface area contributed by atoms with Crippen molar-refractivity contribution >= 4 is 40.2 Å². The molecular formula is C22H20N4O4S. The van der Waals surface area contributed by atoms with E-state index in [2.05, 4.69) is 15.2 Å². The quantitative estimate of drug-likeness (QED) is 0.330. The highest BCUT2D eigenvalue weighted by atomic mass is 32.2. The largest absolute Gasteiger partial charge is 0.465 e. The van der Waals surface area contributed by atoms with Gasteiger partial charge in [0.1, 0.15) is 6.54 Å². The Bertz CT molecular complexity index is 1190. The molecule has 158 valence electrons. The van der Waals surface area contributed by atoms with Gasteiger partial charge in [0.15, 0.2) is 0 Å². The van der Waals surface area contributed by atoms with Crippen molar-refractivity contribution < 1.29 is 18.7 Å². The SMILES string of the molecule is CCOC(=O)CN(C(=O)CSc1nnc(-c2c[nH]c3ccccc23)o1)c1ccccc1. The Hall–Kier alpha value is -3.59. The number of anilines is 1. The van der Waals surface area contributed by atoms with E-state index in [9.17, 15) is 9.59 Å². The van der Waals surface area contributed by atoms with Crippen molar-refractivity contribution in [3.8, 4) is 11.5 Å². The van der Waals surface area contributed by atoms with Crippen molar-refractivity contribution in [2.75, 3.05) is 23.8 Å². The molecule has 2 heterocycles. The van der Waals surface area contributed by atoms with E-state index in [-0.39, 0.29) is 30.0 Å². The molecule has 0 saturated carbocycles. The Morgan fingerprint density at radius 1 is 1.10 bits per heavy atom. The van der Waals surface area contributed by atoms with Gasteiger partial charge in [-0.15, -0.1) is 10.2 Å². The third kappa shape index (κ3) is 4.77. The molecule has 1 N–H and O–H groups in total. The van der Waals surface area contributed by atoms with Crippen molar-refractivity contribution in [1.29, 1.82) is 0 Å². The summed E-state index contributed by atoms with van der Waals surface area (Å²) in [6.45, 7) is 1.81. The van der Waals surface area contributed by atoms with Crippen LogP contribution in [0.25, 0.3) is 22.4 Å². The smallest absolute Gasteiger partial charge is 0.326 e. The number of hydrogen-bond acceptors (Lipinski definition) is 7. The molecule has 4 rings (SSSR count). The number of amides is 1. The van der Waals surface area contributed by atoms with Crippen molar-refractivity contribution in [3.05, 3.63) is 60.8 Å². The maximum Gasteiger partial charge on any atom is 0.326 e. The Morgan fingerprint density at radius 3 is 2.68 bits per heavy atom. The van der Waals surface area contributed by atoms with Gasteiger partial charge in [-0.05, 0) is 25.1 Å². The van der Waals surface area contributed by atoms with Crippen molar-refractivity contribution in [2.45, 2.75) is 12.1 Å². The molecule has 31 heavy (non-hydrogen) atoms. The zero-order valence-corrected chi connectivity index (χ0v) is 17.6. The number of H-pyrrole nitrogens is 1. The number of ether oxygens (including phenoxy) is 1. The van der Waals surface area contributed by atoms with Crippen LogP contribution >= 0.6 is 11.8 Å². The summed E-state index contributed by atoms with van der Waals surface area (Å²) in [6.07, 6.45) is 1.81. The van der Waals surface area contributed by atoms with E-state index in [1.54, 1.807) is 31.2 Å².